The largest absolute Gasteiger partial charge is 0.506 e. The van der Waals surface area contributed by atoms with Crippen LogP contribution in [0.15, 0.2) is 70.1 Å². The Morgan fingerprint density at radius 3 is 2.62 bits per heavy atom. The fourth-order valence-corrected chi connectivity index (χ4v) is 3.49. The molecule has 4 rings (SSSR count). The van der Waals surface area contributed by atoms with Gasteiger partial charge in [-0.05, 0) is 83.6 Å². The molecule has 128 valence electrons. The van der Waals surface area contributed by atoms with Gasteiger partial charge in [-0.2, -0.15) is 0 Å². The minimum absolute atomic E-state index is 0.253. The zero-order chi connectivity index (χ0) is 18.1. The highest BCUT2D eigenvalue weighted by atomic mass is 127. The van der Waals surface area contributed by atoms with Crippen LogP contribution in [0.2, 0.25) is 0 Å². The third-order valence-corrected chi connectivity index (χ3v) is 4.82. The number of phenolic OH excluding ortho intramolecular Hbond substituents is 1. The quantitative estimate of drug-likeness (QED) is 0.312. The number of para-hydroxylation sites is 2. The van der Waals surface area contributed by atoms with E-state index >= 15 is 0 Å². The summed E-state index contributed by atoms with van der Waals surface area (Å²) in [5, 5.41) is 10.1. The lowest BCUT2D eigenvalue weighted by molar-refractivity contribution is 0.470. The van der Waals surface area contributed by atoms with Crippen molar-refractivity contribution in [2.24, 2.45) is 4.99 Å². The molecule has 4 aromatic rings. The van der Waals surface area contributed by atoms with E-state index in [1.165, 1.54) is 0 Å². The fourth-order valence-electron chi connectivity index (χ4n) is 2.69. The lowest BCUT2D eigenvalue weighted by atomic mass is 10.1. The van der Waals surface area contributed by atoms with Crippen molar-refractivity contribution >= 4 is 45.6 Å². The van der Waals surface area contributed by atoms with E-state index in [1.807, 2.05) is 67.6 Å². The van der Waals surface area contributed by atoms with Crippen LogP contribution in [0.1, 0.15) is 11.1 Å². The van der Waals surface area contributed by atoms with Gasteiger partial charge in [-0.15, -0.1) is 0 Å². The van der Waals surface area contributed by atoms with Crippen LogP contribution in [0.3, 0.4) is 0 Å². The molecule has 5 heteroatoms. The monoisotopic (exact) mass is 454 g/mol. The van der Waals surface area contributed by atoms with Gasteiger partial charge in [0, 0.05) is 17.3 Å². The molecule has 1 heterocycles. The number of nitrogens with zero attached hydrogens (tertiary/aromatic N) is 2. The summed E-state index contributed by atoms with van der Waals surface area (Å²) in [5.74, 6) is 0.843. The third-order valence-electron chi connectivity index (χ3n) is 4.00. The van der Waals surface area contributed by atoms with E-state index in [4.69, 9.17) is 4.42 Å². The number of phenols is 1. The van der Waals surface area contributed by atoms with E-state index in [9.17, 15) is 5.11 Å². The molecule has 0 spiro atoms. The maximum atomic E-state index is 10.1. The van der Waals surface area contributed by atoms with Crippen molar-refractivity contribution < 1.29 is 9.52 Å². The summed E-state index contributed by atoms with van der Waals surface area (Å²) in [6, 6.07) is 19.2. The Morgan fingerprint density at radius 1 is 1.08 bits per heavy atom. The molecule has 0 fully saturated rings. The summed E-state index contributed by atoms with van der Waals surface area (Å²) >= 11 is 2.12. The van der Waals surface area contributed by atoms with Crippen LogP contribution in [0.25, 0.3) is 22.6 Å². The number of hydrogen-bond acceptors (Lipinski definition) is 4. The van der Waals surface area contributed by atoms with Crippen molar-refractivity contribution in [3.05, 3.63) is 75.4 Å². The molecule has 0 aliphatic heterocycles. The van der Waals surface area contributed by atoms with Gasteiger partial charge in [-0.25, -0.2) is 4.98 Å². The lowest BCUT2D eigenvalue weighted by Gasteiger charge is -2.03. The molecule has 0 radical (unpaired) electrons. The fraction of sp³-hybridized carbons (Fsp3) is 0.0476. The minimum atomic E-state index is 0.253. The van der Waals surface area contributed by atoms with E-state index < -0.39 is 0 Å². The number of fused-ring (bicyclic) bond motifs is 1. The average molecular weight is 454 g/mol. The lowest BCUT2D eigenvalue weighted by Crippen LogP contribution is -1.87. The van der Waals surface area contributed by atoms with E-state index in [-0.39, 0.29) is 5.75 Å². The Labute approximate surface area is 164 Å². The number of hydrogen-bond donors (Lipinski definition) is 1. The van der Waals surface area contributed by atoms with E-state index in [0.29, 0.717) is 11.5 Å². The van der Waals surface area contributed by atoms with Gasteiger partial charge in [-0.3, -0.25) is 4.99 Å². The number of oxazole rings is 1. The summed E-state index contributed by atoms with van der Waals surface area (Å²) in [6.45, 7) is 1.99. The number of benzene rings is 3. The molecule has 26 heavy (non-hydrogen) atoms. The van der Waals surface area contributed by atoms with Crippen molar-refractivity contribution in [3.8, 4) is 17.2 Å². The summed E-state index contributed by atoms with van der Waals surface area (Å²) in [7, 11) is 0. The number of halogens is 1. The molecule has 4 nitrogen and oxygen atoms in total. The maximum absolute atomic E-state index is 10.1. The normalized spacial score (nSPS) is 11.5. The summed E-state index contributed by atoms with van der Waals surface area (Å²) in [5.41, 5.74) is 5.09. The van der Waals surface area contributed by atoms with Crippen LogP contribution >= 0.6 is 22.6 Å². The number of aliphatic imine (C=N–C) groups is 1. The number of aryl methyl sites for hydroxylation is 1. The first-order chi connectivity index (χ1) is 12.6. The van der Waals surface area contributed by atoms with Crippen LogP contribution in [0, 0.1) is 10.5 Å². The van der Waals surface area contributed by atoms with E-state index in [0.717, 1.165) is 31.5 Å². The van der Waals surface area contributed by atoms with Crippen molar-refractivity contribution in [1.82, 2.24) is 4.98 Å². The first-order valence-corrected chi connectivity index (χ1v) is 9.17. The number of aromatic nitrogens is 1. The van der Waals surface area contributed by atoms with Gasteiger partial charge in [0.1, 0.15) is 11.3 Å². The smallest absolute Gasteiger partial charge is 0.227 e. The highest BCUT2D eigenvalue weighted by Crippen LogP contribution is 2.27. The molecule has 0 aliphatic carbocycles. The van der Waals surface area contributed by atoms with Gasteiger partial charge < -0.3 is 9.52 Å². The van der Waals surface area contributed by atoms with Crippen LogP contribution in [0.5, 0.6) is 5.75 Å². The predicted molar refractivity (Wildman–Crippen MR) is 112 cm³/mol. The summed E-state index contributed by atoms with van der Waals surface area (Å²) in [6.07, 6.45) is 1.68. The zero-order valence-electron chi connectivity index (χ0n) is 14.0. The van der Waals surface area contributed by atoms with Gasteiger partial charge in [0.25, 0.3) is 0 Å². The molecule has 0 amide bonds. The third kappa shape index (κ3) is 3.35. The van der Waals surface area contributed by atoms with Crippen molar-refractivity contribution in [2.45, 2.75) is 6.92 Å². The Bertz CT molecular complexity index is 1080. The maximum Gasteiger partial charge on any atom is 0.227 e. The zero-order valence-corrected chi connectivity index (χ0v) is 16.1. The van der Waals surface area contributed by atoms with Crippen LogP contribution < -0.4 is 0 Å². The first kappa shape index (κ1) is 16.8. The highest BCUT2D eigenvalue weighted by molar-refractivity contribution is 14.1. The second-order valence-electron chi connectivity index (χ2n) is 5.98. The van der Waals surface area contributed by atoms with Crippen LogP contribution in [-0.4, -0.2) is 16.3 Å². The van der Waals surface area contributed by atoms with Gasteiger partial charge in [0.2, 0.25) is 5.89 Å². The Kier molecular flexibility index (Phi) is 4.46. The SMILES string of the molecule is Cc1cc(I)c(O)c(C=Nc2ccc(-c3nc4ccccc4o3)cc2)c1. The predicted octanol–water partition coefficient (Wildman–Crippen LogP) is 5.86. The molecule has 0 bridgehead atoms. The minimum Gasteiger partial charge on any atom is -0.506 e. The standard InChI is InChI=1S/C21H15IN2O2/c1-13-10-15(20(25)17(22)11-13)12-23-16-8-6-14(7-9-16)21-24-18-4-2-3-5-19(18)26-21/h2-12,25H,1H3. The van der Waals surface area contributed by atoms with E-state index in [2.05, 4.69) is 32.6 Å². The van der Waals surface area contributed by atoms with Crippen molar-refractivity contribution in [3.63, 3.8) is 0 Å². The average Bonchev–Trinajstić information content (AvgIpc) is 3.08. The summed E-state index contributed by atoms with van der Waals surface area (Å²) in [4.78, 5) is 8.96. The number of aromatic hydroxyl groups is 1. The molecular formula is C21H15IN2O2. The molecule has 0 saturated carbocycles. The molecular weight excluding hydrogens is 439 g/mol. The van der Waals surface area contributed by atoms with Gasteiger partial charge >= 0.3 is 0 Å². The topological polar surface area (TPSA) is 58.6 Å². The van der Waals surface area contributed by atoms with Crippen molar-refractivity contribution in [2.75, 3.05) is 0 Å². The number of rotatable bonds is 3. The molecule has 1 aromatic heterocycles. The summed E-state index contributed by atoms with van der Waals surface area (Å²) < 4.78 is 6.60. The molecule has 0 atom stereocenters. The van der Waals surface area contributed by atoms with Gasteiger partial charge in [0.15, 0.2) is 5.58 Å². The molecule has 3 aromatic carbocycles. The Balaban J connectivity index is 1.60. The van der Waals surface area contributed by atoms with Crippen LogP contribution in [-0.2, 0) is 0 Å². The second-order valence-corrected chi connectivity index (χ2v) is 7.14. The van der Waals surface area contributed by atoms with Crippen molar-refractivity contribution in [1.29, 1.82) is 0 Å². The molecule has 0 aliphatic rings. The Hall–Kier alpha value is -2.67. The Morgan fingerprint density at radius 2 is 1.85 bits per heavy atom. The van der Waals surface area contributed by atoms with Crippen LogP contribution in [0.4, 0.5) is 5.69 Å². The molecule has 0 saturated heterocycles. The second kappa shape index (κ2) is 6.92. The van der Waals surface area contributed by atoms with Gasteiger partial charge in [0.05, 0.1) is 9.26 Å². The van der Waals surface area contributed by atoms with E-state index in [1.54, 1.807) is 6.21 Å². The first-order valence-electron chi connectivity index (χ1n) is 8.09. The van der Waals surface area contributed by atoms with Gasteiger partial charge in [-0.1, -0.05) is 12.1 Å². The highest BCUT2D eigenvalue weighted by Gasteiger charge is 2.08. The molecule has 0 unspecified atom stereocenters. The molecule has 1 N–H and O–H groups in total.